The zero-order chi connectivity index (χ0) is 11.3. The van der Waals surface area contributed by atoms with E-state index in [1.54, 1.807) is 6.08 Å². The van der Waals surface area contributed by atoms with Gasteiger partial charge in [-0.25, -0.2) is 0 Å². The molecule has 0 bridgehead atoms. The van der Waals surface area contributed by atoms with E-state index in [0.717, 1.165) is 0 Å². The van der Waals surface area contributed by atoms with Crippen molar-refractivity contribution in [2.24, 2.45) is 0 Å². The Morgan fingerprint density at radius 1 is 1.20 bits per heavy atom. The molecule has 0 radical (unpaired) electrons. The normalized spacial score (nSPS) is 12.7. The van der Waals surface area contributed by atoms with Crippen LogP contribution in [0.1, 0.15) is 25.0 Å². The zero-order valence-corrected chi connectivity index (χ0v) is 9.75. The van der Waals surface area contributed by atoms with Crippen LogP contribution < -0.4 is 0 Å². The number of aryl methyl sites for hydroxylation is 1. The Balaban J connectivity index is 3.13. The zero-order valence-electron chi connectivity index (χ0n) is 9.75. The smallest absolute Gasteiger partial charge is 0.0195 e. The minimum Gasteiger partial charge on any atom is -0.0991 e. The molecule has 78 valence electrons. The van der Waals surface area contributed by atoms with Crippen LogP contribution in [0.4, 0.5) is 0 Å². The van der Waals surface area contributed by atoms with Gasteiger partial charge in [-0.15, -0.1) is 0 Å². The van der Waals surface area contributed by atoms with E-state index in [1.165, 1.54) is 22.3 Å². The molecule has 0 spiro atoms. The Hall–Kier alpha value is -1.56. The molecule has 0 fully saturated rings. The van der Waals surface area contributed by atoms with Gasteiger partial charge < -0.3 is 0 Å². The molecular weight excluding hydrogens is 180 g/mol. The van der Waals surface area contributed by atoms with Crippen LogP contribution >= 0.6 is 0 Å². The third-order valence-corrected chi connectivity index (χ3v) is 2.62. The first-order valence-electron chi connectivity index (χ1n) is 5.19. The van der Waals surface area contributed by atoms with Gasteiger partial charge in [0.2, 0.25) is 0 Å². The molecule has 0 aliphatic heterocycles. The van der Waals surface area contributed by atoms with Crippen molar-refractivity contribution in [3.8, 4) is 0 Å². The summed E-state index contributed by atoms with van der Waals surface area (Å²) in [6, 6.07) is 8.45. The van der Waals surface area contributed by atoms with Gasteiger partial charge in [0.1, 0.15) is 0 Å². The van der Waals surface area contributed by atoms with Crippen LogP contribution in [0.25, 0.3) is 5.57 Å². The van der Waals surface area contributed by atoms with E-state index in [9.17, 15) is 0 Å². The molecule has 0 nitrogen and oxygen atoms in total. The lowest BCUT2D eigenvalue weighted by atomic mass is 9.98. The maximum Gasteiger partial charge on any atom is -0.0195 e. The average Bonchev–Trinajstić information content (AvgIpc) is 2.25. The van der Waals surface area contributed by atoms with Crippen molar-refractivity contribution in [3.05, 3.63) is 65.8 Å². The van der Waals surface area contributed by atoms with Crippen molar-refractivity contribution in [1.82, 2.24) is 0 Å². The third kappa shape index (κ3) is 2.95. The van der Waals surface area contributed by atoms with E-state index in [1.807, 2.05) is 6.08 Å². The molecule has 1 aromatic rings. The van der Waals surface area contributed by atoms with Gasteiger partial charge in [-0.05, 0) is 43.0 Å². The molecule has 0 aromatic heterocycles. The van der Waals surface area contributed by atoms with Crippen LogP contribution in [0, 0.1) is 6.92 Å². The SMILES string of the molecule is C=C/C=C\C(C)=C(/C)c1ccccc1C. The number of benzene rings is 1. The summed E-state index contributed by atoms with van der Waals surface area (Å²) < 4.78 is 0. The Morgan fingerprint density at radius 3 is 2.47 bits per heavy atom. The summed E-state index contributed by atoms with van der Waals surface area (Å²) in [5.74, 6) is 0. The molecule has 0 aliphatic carbocycles. The second-order valence-corrected chi connectivity index (χ2v) is 3.72. The van der Waals surface area contributed by atoms with E-state index in [-0.39, 0.29) is 0 Å². The molecule has 0 amide bonds. The minimum absolute atomic E-state index is 1.28. The van der Waals surface area contributed by atoms with Gasteiger partial charge in [0.15, 0.2) is 0 Å². The monoisotopic (exact) mass is 198 g/mol. The van der Waals surface area contributed by atoms with Gasteiger partial charge >= 0.3 is 0 Å². The molecule has 0 unspecified atom stereocenters. The first kappa shape index (κ1) is 11.5. The second-order valence-electron chi connectivity index (χ2n) is 3.72. The van der Waals surface area contributed by atoms with Crippen molar-refractivity contribution < 1.29 is 0 Å². The summed E-state index contributed by atoms with van der Waals surface area (Å²) in [5.41, 5.74) is 5.25. The molecule has 1 aromatic carbocycles. The van der Waals surface area contributed by atoms with E-state index in [4.69, 9.17) is 0 Å². The molecule has 15 heavy (non-hydrogen) atoms. The second kappa shape index (κ2) is 5.35. The van der Waals surface area contributed by atoms with Gasteiger partial charge in [-0.3, -0.25) is 0 Å². The average molecular weight is 198 g/mol. The Kier molecular flexibility index (Phi) is 4.11. The van der Waals surface area contributed by atoms with E-state index < -0.39 is 0 Å². The fourth-order valence-corrected chi connectivity index (χ4v) is 1.54. The van der Waals surface area contributed by atoms with E-state index in [0.29, 0.717) is 0 Å². The molecule has 0 atom stereocenters. The summed E-state index contributed by atoms with van der Waals surface area (Å²) >= 11 is 0. The molecule has 0 heterocycles. The fraction of sp³-hybridized carbons (Fsp3) is 0.200. The van der Waals surface area contributed by atoms with E-state index in [2.05, 4.69) is 57.7 Å². The molecule has 0 aliphatic rings. The predicted octanol–water partition coefficient (Wildman–Crippen LogP) is 4.53. The highest BCUT2D eigenvalue weighted by molar-refractivity contribution is 5.70. The van der Waals surface area contributed by atoms with Crippen LogP contribution in [-0.2, 0) is 0 Å². The molecule has 1 rings (SSSR count). The van der Waals surface area contributed by atoms with Crippen LogP contribution in [0.15, 0.2) is 54.6 Å². The summed E-state index contributed by atoms with van der Waals surface area (Å²) in [7, 11) is 0. The predicted molar refractivity (Wildman–Crippen MR) is 68.8 cm³/mol. The first-order chi connectivity index (χ1) is 7.16. The lowest BCUT2D eigenvalue weighted by molar-refractivity contribution is 1.38. The van der Waals surface area contributed by atoms with Gasteiger partial charge in [-0.1, -0.05) is 49.1 Å². The molecule has 0 N–H and O–H groups in total. The molecule has 0 saturated heterocycles. The van der Waals surface area contributed by atoms with Gasteiger partial charge in [0, 0.05) is 0 Å². The number of hydrogen-bond donors (Lipinski definition) is 0. The molecule has 0 saturated carbocycles. The number of hydrogen-bond acceptors (Lipinski definition) is 0. The largest absolute Gasteiger partial charge is 0.0991 e. The lowest BCUT2D eigenvalue weighted by Gasteiger charge is -2.07. The van der Waals surface area contributed by atoms with Crippen molar-refractivity contribution in [2.45, 2.75) is 20.8 Å². The third-order valence-electron chi connectivity index (χ3n) is 2.62. The van der Waals surface area contributed by atoms with Gasteiger partial charge in [-0.2, -0.15) is 0 Å². The molecular formula is C15H18. The highest BCUT2D eigenvalue weighted by Crippen LogP contribution is 2.21. The Bertz CT molecular complexity index is 406. The van der Waals surface area contributed by atoms with Crippen molar-refractivity contribution in [2.75, 3.05) is 0 Å². The van der Waals surface area contributed by atoms with E-state index >= 15 is 0 Å². The fourth-order valence-electron chi connectivity index (χ4n) is 1.54. The van der Waals surface area contributed by atoms with Gasteiger partial charge in [0.25, 0.3) is 0 Å². The summed E-state index contributed by atoms with van der Waals surface area (Å²) in [4.78, 5) is 0. The first-order valence-corrected chi connectivity index (χ1v) is 5.19. The van der Waals surface area contributed by atoms with Crippen LogP contribution in [0.2, 0.25) is 0 Å². The summed E-state index contributed by atoms with van der Waals surface area (Å²) in [6.07, 6.45) is 5.86. The summed E-state index contributed by atoms with van der Waals surface area (Å²) in [5, 5.41) is 0. The topological polar surface area (TPSA) is 0 Å². The quantitative estimate of drug-likeness (QED) is 0.626. The standard InChI is InChI=1S/C15H18/c1-5-6-9-12(2)14(4)15-11-8-7-10-13(15)3/h5-11H,1H2,2-4H3/b9-6-,14-12+. The Labute approximate surface area is 92.6 Å². The number of rotatable bonds is 3. The molecule has 0 heteroatoms. The van der Waals surface area contributed by atoms with Crippen molar-refractivity contribution >= 4 is 5.57 Å². The van der Waals surface area contributed by atoms with Crippen LogP contribution in [0.5, 0.6) is 0 Å². The Morgan fingerprint density at radius 2 is 1.87 bits per heavy atom. The maximum atomic E-state index is 3.67. The van der Waals surface area contributed by atoms with Crippen LogP contribution in [-0.4, -0.2) is 0 Å². The highest BCUT2D eigenvalue weighted by Gasteiger charge is 2.00. The van der Waals surface area contributed by atoms with Gasteiger partial charge in [0.05, 0.1) is 0 Å². The minimum atomic E-state index is 1.28. The number of allylic oxidation sites excluding steroid dienone is 5. The lowest BCUT2D eigenvalue weighted by Crippen LogP contribution is -1.87. The van der Waals surface area contributed by atoms with Crippen molar-refractivity contribution in [3.63, 3.8) is 0 Å². The highest BCUT2D eigenvalue weighted by atomic mass is 14.1. The van der Waals surface area contributed by atoms with Crippen LogP contribution in [0.3, 0.4) is 0 Å². The van der Waals surface area contributed by atoms with Crippen molar-refractivity contribution in [1.29, 1.82) is 0 Å². The maximum absolute atomic E-state index is 3.67. The summed E-state index contributed by atoms with van der Waals surface area (Å²) in [6.45, 7) is 10.1.